The molecule has 0 aliphatic carbocycles. The van der Waals surface area contributed by atoms with Crippen LogP contribution in [0.5, 0.6) is 0 Å². The van der Waals surface area contributed by atoms with Gasteiger partial charge in [-0.25, -0.2) is 0 Å². The summed E-state index contributed by atoms with van der Waals surface area (Å²) in [5, 5.41) is 8.91. The molecule has 1 fully saturated rings. The molecule has 2 heteroatoms. The van der Waals surface area contributed by atoms with Gasteiger partial charge in [0.15, 0.2) is 0 Å². The lowest BCUT2D eigenvalue weighted by atomic mass is 9.77. The molecule has 1 rings (SSSR count). The molecule has 0 bridgehead atoms. The van der Waals surface area contributed by atoms with Gasteiger partial charge in [0.05, 0.1) is 0 Å². The van der Waals surface area contributed by atoms with Gasteiger partial charge in [-0.15, -0.1) is 0 Å². The van der Waals surface area contributed by atoms with E-state index in [0.29, 0.717) is 6.61 Å². The van der Waals surface area contributed by atoms with E-state index in [9.17, 15) is 0 Å². The normalized spacial score (nSPS) is 22.8. The minimum atomic E-state index is 0.350. The summed E-state index contributed by atoms with van der Waals surface area (Å²) >= 11 is 0. The van der Waals surface area contributed by atoms with E-state index < -0.39 is 0 Å². The van der Waals surface area contributed by atoms with E-state index in [1.807, 2.05) is 0 Å². The highest BCUT2D eigenvalue weighted by atomic mass is 16.3. The Morgan fingerprint density at radius 2 is 2.00 bits per heavy atom. The van der Waals surface area contributed by atoms with Crippen LogP contribution in [0.4, 0.5) is 0 Å². The second-order valence-corrected chi connectivity index (χ2v) is 4.40. The smallest absolute Gasteiger partial charge is 0.0433 e. The molecule has 0 aromatic heterocycles. The van der Waals surface area contributed by atoms with E-state index in [0.717, 1.165) is 24.2 Å². The Balaban J connectivity index is 2.33. The number of nitrogens with zero attached hydrogens (tertiary/aromatic N) is 1. The summed E-state index contributed by atoms with van der Waals surface area (Å²) in [4.78, 5) is 2.34. The standard InChI is InChI=1S/C10H21NO/c1-8(2)10(4-5-12)9-6-11(3)7-9/h8-10,12H,4-7H2,1-3H3. The molecule has 12 heavy (non-hydrogen) atoms. The summed E-state index contributed by atoms with van der Waals surface area (Å²) in [5.41, 5.74) is 0. The highest BCUT2D eigenvalue weighted by molar-refractivity contribution is 4.84. The first-order chi connectivity index (χ1) is 5.65. The average Bonchev–Trinajstić information content (AvgIpc) is 1.94. The van der Waals surface area contributed by atoms with Gasteiger partial charge in [-0.2, -0.15) is 0 Å². The van der Waals surface area contributed by atoms with E-state index in [1.54, 1.807) is 0 Å². The van der Waals surface area contributed by atoms with Crippen molar-refractivity contribution in [1.82, 2.24) is 4.90 Å². The number of aliphatic hydroxyl groups excluding tert-OH is 1. The van der Waals surface area contributed by atoms with Gasteiger partial charge in [0.25, 0.3) is 0 Å². The molecule has 0 spiro atoms. The van der Waals surface area contributed by atoms with Crippen molar-refractivity contribution >= 4 is 0 Å². The summed E-state index contributed by atoms with van der Waals surface area (Å²) < 4.78 is 0. The first kappa shape index (κ1) is 10.0. The lowest BCUT2D eigenvalue weighted by Gasteiger charge is -2.43. The van der Waals surface area contributed by atoms with Crippen LogP contribution >= 0.6 is 0 Å². The molecular formula is C10H21NO. The van der Waals surface area contributed by atoms with Crippen LogP contribution < -0.4 is 0 Å². The molecule has 0 saturated carbocycles. The number of hydrogen-bond donors (Lipinski definition) is 1. The topological polar surface area (TPSA) is 23.5 Å². The SMILES string of the molecule is CC(C)C(CCO)C1CN(C)C1. The second kappa shape index (κ2) is 4.24. The van der Waals surface area contributed by atoms with Gasteiger partial charge in [0, 0.05) is 19.7 Å². The minimum absolute atomic E-state index is 0.350. The number of hydrogen-bond acceptors (Lipinski definition) is 2. The van der Waals surface area contributed by atoms with Crippen LogP contribution in [0.2, 0.25) is 0 Å². The van der Waals surface area contributed by atoms with Crippen molar-refractivity contribution in [2.75, 3.05) is 26.7 Å². The Labute approximate surface area is 75.6 Å². The summed E-state index contributed by atoms with van der Waals surface area (Å²) in [6, 6.07) is 0. The fraction of sp³-hybridized carbons (Fsp3) is 1.00. The van der Waals surface area contributed by atoms with Gasteiger partial charge in [0.1, 0.15) is 0 Å². The third-order valence-corrected chi connectivity index (χ3v) is 3.02. The van der Waals surface area contributed by atoms with E-state index in [4.69, 9.17) is 5.11 Å². The van der Waals surface area contributed by atoms with Gasteiger partial charge in [0.2, 0.25) is 0 Å². The van der Waals surface area contributed by atoms with Crippen LogP contribution in [-0.2, 0) is 0 Å². The van der Waals surface area contributed by atoms with Gasteiger partial charge < -0.3 is 10.0 Å². The maximum Gasteiger partial charge on any atom is 0.0433 e. The monoisotopic (exact) mass is 171 g/mol. The first-order valence-electron chi connectivity index (χ1n) is 4.94. The van der Waals surface area contributed by atoms with Gasteiger partial charge in [-0.05, 0) is 31.2 Å². The lowest BCUT2D eigenvalue weighted by Crippen LogP contribution is -2.48. The molecular weight excluding hydrogens is 150 g/mol. The molecule has 1 heterocycles. The van der Waals surface area contributed by atoms with Crippen molar-refractivity contribution < 1.29 is 5.11 Å². The Hall–Kier alpha value is -0.0800. The fourth-order valence-corrected chi connectivity index (χ4v) is 2.28. The first-order valence-corrected chi connectivity index (χ1v) is 4.94. The third-order valence-electron chi connectivity index (χ3n) is 3.02. The largest absolute Gasteiger partial charge is 0.396 e. The third kappa shape index (κ3) is 2.20. The molecule has 72 valence electrons. The lowest BCUT2D eigenvalue weighted by molar-refractivity contribution is 0.0481. The van der Waals surface area contributed by atoms with Crippen molar-refractivity contribution in [3.8, 4) is 0 Å². The molecule has 1 unspecified atom stereocenters. The summed E-state index contributed by atoms with van der Waals surface area (Å²) in [5.74, 6) is 2.28. The van der Waals surface area contributed by atoms with E-state index >= 15 is 0 Å². The van der Waals surface area contributed by atoms with Crippen LogP contribution in [0.15, 0.2) is 0 Å². The van der Waals surface area contributed by atoms with Crippen LogP contribution in [0.1, 0.15) is 20.3 Å². The van der Waals surface area contributed by atoms with Crippen LogP contribution in [0.25, 0.3) is 0 Å². The molecule has 1 N–H and O–H groups in total. The minimum Gasteiger partial charge on any atom is -0.396 e. The van der Waals surface area contributed by atoms with Crippen molar-refractivity contribution in [1.29, 1.82) is 0 Å². The summed E-state index contributed by atoms with van der Waals surface area (Å²) in [6.07, 6.45) is 0.982. The quantitative estimate of drug-likeness (QED) is 0.687. The highest BCUT2D eigenvalue weighted by Gasteiger charge is 2.32. The number of likely N-dealkylation sites (tertiary alicyclic amines) is 1. The van der Waals surface area contributed by atoms with Gasteiger partial charge in [-0.1, -0.05) is 13.8 Å². The molecule has 1 saturated heterocycles. The Kier molecular flexibility index (Phi) is 3.53. The predicted octanol–water partition coefficient (Wildman–Crippen LogP) is 1.20. The zero-order valence-corrected chi connectivity index (χ0v) is 8.45. The molecule has 0 amide bonds. The maximum absolute atomic E-state index is 8.91. The molecule has 2 nitrogen and oxygen atoms in total. The number of rotatable bonds is 4. The zero-order valence-electron chi connectivity index (χ0n) is 8.45. The van der Waals surface area contributed by atoms with Crippen molar-refractivity contribution in [2.45, 2.75) is 20.3 Å². The maximum atomic E-state index is 8.91. The molecule has 1 aliphatic rings. The van der Waals surface area contributed by atoms with Gasteiger partial charge in [-0.3, -0.25) is 0 Å². The van der Waals surface area contributed by atoms with Crippen LogP contribution in [-0.4, -0.2) is 36.8 Å². The molecule has 1 aliphatic heterocycles. The van der Waals surface area contributed by atoms with E-state index in [2.05, 4.69) is 25.8 Å². The molecule has 0 radical (unpaired) electrons. The van der Waals surface area contributed by atoms with Gasteiger partial charge >= 0.3 is 0 Å². The highest BCUT2D eigenvalue weighted by Crippen LogP contribution is 2.30. The molecule has 0 aromatic rings. The van der Waals surface area contributed by atoms with Crippen LogP contribution in [0.3, 0.4) is 0 Å². The zero-order chi connectivity index (χ0) is 9.14. The Morgan fingerprint density at radius 1 is 1.42 bits per heavy atom. The van der Waals surface area contributed by atoms with Crippen molar-refractivity contribution in [2.24, 2.45) is 17.8 Å². The van der Waals surface area contributed by atoms with Crippen molar-refractivity contribution in [3.63, 3.8) is 0 Å². The molecule has 0 aromatic carbocycles. The van der Waals surface area contributed by atoms with E-state index in [-0.39, 0.29) is 0 Å². The van der Waals surface area contributed by atoms with Crippen LogP contribution in [0, 0.1) is 17.8 Å². The van der Waals surface area contributed by atoms with Crippen molar-refractivity contribution in [3.05, 3.63) is 0 Å². The summed E-state index contributed by atoms with van der Waals surface area (Å²) in [6.45, 7) is 7.33. The molecule has 1 atom stereocenters. The predicted molar refractivity (Wildman–Crippen MR) is 51.0 cm³/mol. The average molecular weight is 171 g/mol. The number of aliphatic hydroxyl groups is 1. The summed E-state index contributed by atoms with van der Waals surface area (Å²) in [7, 11) is 2.16. The second-order valence-electron chi connectivity index (χ2n) is 4.40. The Bertz CT molecular complexity index is 130. The van der Waals surface area contributed by atoms with E-state index in [1.165, 1.54) is 13.1 Å². The Morgan fingerprint density at radius 3 is 2.33 bits per heavy atom. The fourth-order valence-electron chi connectivity index (χ4n) is 2.28.